The molecule has 0 saturated heterocycles. The van der Waals surface area contributed by atoms with Gasteiger partial charge in [0, 0.05) is 26.3 Å². The molecule has 0 amide bonds. The van der Waals surface area contributed by atoms with Gasteiger partial charge in [0.25, 0.3) is 0 Å². The van der Waals surface area contributed by atoms with Crippen LogP contribution in [0.2, 0.25) is 0 Å². The van der Waals surface area contributed by atoms with Crippen LogP contribution in [-0.4, -0.2) is 32.9 Å². The predicted octanol–water partition coefficient (Wildman–Crippen LogP) is 3.59. The fourth-order valence-corrected chi connectivity index (χ4v) is 2.99. The third-order valence-corrected chi connectivity index (χ3v) is 4.39. The lowest BCUT2D eigenvalue weighted by molar-refractivity contribution is 0.164. The van der Waals surface area contributed by atoms with E-state index in [-0.39, 0.29) is 6.10 Å². The van der Waals surface area contributed by atoms with E-state index in [1.54, 1.807) is 7.11 Å². The van der Waals surface area contributed by atoms with Crippen LogP contribution in [-0.2, 0) is 17.8 Å². The summed E-state index contributed by atoms with van der Waals surface area (Å²) in [6.45, 7) is 3.20. The largest absolute Gasteiger partial charge is 0.489 e. The Labute approximate surface area is 150 Å². The molecule has 3 rings (SSSR count). The zero-order valence-electron chi connectivity index (χ0n) is 14.9. The number of benzene rings is 2. The Balaban J connectivity index is 1.50. The molecule has 2 aromatic rings. The second kappa shape index (κ2) is 9.44. The van der Waals surface area contributed by atoms with Gasteiger partial charge >= 0.3 is 0 Å². The van der Waals surface area contributed by atoms with E-state index in [1.807, 2.05) is 30.3 Å². The van der Waals surface area contributed by atoms with Gasteiger partial charge in [-0.3, -0.25) is 0 Å². The first-order chi connectivity index (χ1) is 12.3. The Morgan fingerprint density at radius 1 is 1.16 bits per heavy atom. The maximum absolute atomic E-state index is 6.16. The minimum atomic E-state index is 0.222. The molecule has 1 N–H and O–H groups in total. The van der Waals surface area contributed by atoms with Gasteiger partial charge in [-0.2, -0.15) is 0 Å². The van der Waals surface area contributed by atoms with Crippen LogP contribution < -0.4 is 14.8 Å². The van der Waals surface area contributed by atoms with E-state index < -0.39 is 0 Å². The van der Waals surface area contributed by atoms with Gasteiger partial charge < -0.3 is 19.5 Å². The SMILES string of the molecule is COCCCNCC1CCc2ccc(OCc3ccccc3)cc2O1. The number of ether oxygens (including phenoxy) is 3. The second-order valence-electron chi connectivity index (χ2n) is 6.37. The molecule has 1 aliphatic rings. The van der Waals surface area contributed by atoms with E-state index >= 15 is 0 Å². The van der Waals surface area contributed by atoms with Crippen LogP contribution in [0.4, 0.5) is 0 Å². The fourth-order valence-electron chi connectivity index (χ4n) is 2.99. The summed E-state index contributed by atoms with van der Waals surface area (Å²) >= 11 is 0. The number of hydrogen-bond donors (Lipinski definition) is 1. The van der Waals surface area contributed by atoms with Gasteiger partial charge in [0.2, 0.25) is 0 Å². The molecule has 0 spiro atoms. The van der Waals surface area contributed by atoms with Crippen molar-refractivity contribution in [2.24, 2.45) is 0 Å². The highest BCUT2D eigenvalue weighted by atomic mass is 16.5. The maximum Gasteiger partial charge on any atom is 0.126 e. The lowest BCUT2D eigenvalue weighted by Crippen LogP contribution is -2.34. The van der Waals surface area contributed by atoms with Crippen molar-refractivity contribution in [2.75, 3.05) is 26.8 Å². The molecule has 1 unspecified atom stereocenters. The topological polar surface area (TPSA) is 39.7 Å². The van der Waals surface area contributed by atoms with Gasteiger partial charge in [-0.15, -0.1) is 0 Å². The van der Waals surface area contributed by atoms with E-state index in [0.29, 0.717) is 6.61 Å². The molecule has 1 atom stereocenters. The molecule has 1 heterocycles. The second-order valence-corrected chi connectivity index (χ2v) is 6.37. The van der Waals surface area contributed by atoms with Crippen LogP contribution in [0.15, 0.2) is 48.5 Å². The van der Waals surface area contributed by atoms with Gasteiger partial charge in [-0.25, -0.2) is 0 Å². The van der Waals surface area contributed by atoms with Crippen LogP contribution in [0.1, 0.15) is 24.0 Å². The molecule has 4 heteroatoms. The van der Waals surface area contributed by atoms with Crippen molar-refractivity contribution < 1.29 is 14.2 Å². The molecule has 4 nitrogen and oxygen atoms in total. The van der Waals surface area contributed by atoms with E-state index in [4.69, 9.17) is 14.2 Å². The molecular weight excluding hydrogens is 314 g/mol. The Morgan fingerprint density at radius 3 is 2.88 bits per heavy atom. The average Bonchev–Trinajstić information content (AvgIpc) is 2.66. The van der Waals surface area contributed by atoms with Crippen LogP contribution >= 0.6 is 0 Å². The van der Waals surface area contributed by atoms with Crippen molar-refractivity contribution in [1.29, 1.82) is 0 Å². The average molecular weight is 341 g/mol. The normalized spacial score (nSPS) is 16.1. The fraction of sp³-hybridized carbons (Fsp3) is 0.429. The standard InChI is InChI=1S/C21H27NO3/c1-23-13-5-12-22-15-20-11-9-18-8-10-19(14-21(18)25-20)24-16-17-6-3-2-4-7-17/h2-4,6-8,10,14,20,22H,5,9,11-13,15-16H2,1H3. The molecular formula is C21H27NO3. The molecule has 0 radical (unpaired) electrons. The first kappa shape index (κ1) is 17.8. The zero-order valence-corrected chi connectivity index (χ0v) is 14.9. The van der Waals surface area contributed by atoms with Gasteiger partial charge in [-0.1, -0.05) is 36.4 Å². The summed E-state index contributed by atoms with van der Waals surface area (Å²) < 4.78 is 17.1. The number of methoxy groups -OCH3 is 1. The Kier molecular flexibility index (Phi) is 6.71. The highest BCUT2D eigenvalue weighted by Gasteiger charge is 2.19. The third kappa shape index (κ3) is 5.48. The Hall–Kier alpha value is -2.04. The summed E-state index contributed by atoms with van der Waals surface area (Å²) in [6, 6.07) is 16.4. The van der Waals surface area contributed by atoms with Crippen molar-refractivity contribution >= 4 is 0 Å². The summed E-state index contributed by atoms with van der Waals surface area (Å²) in [5.74, 6) is 1.82. The number of nitrogens with one attached hydrogen (secondary N) is 1. The monoisotopic (exact) mass is 341 g/mol. The van der Waals surface area contributed by atoms with Crippen LogP contribution in [0, 0.1) is 0 Å². The van der Waals surface area contributed by atoms with Crippen LogP contribution in [0.25, 0.3) is 0 Å². The molecule has 0 bridgehead atoms. The molecule has 0 aromatic heterocycles. The quantitative estimate of drug-likeness (QED) is 0.708. The minimum absolute atomic E-state index is 0.222. The van der Waals surface area contributed by atoms with Crippen molar-refractivity contribution in [2.45, 2.75) is 32.0 Å². The molecule has 0 saturated carbocycles. The lowest BCUT2D eigenvalue weighted by Gasteiger charge is -2.27. The molecule has 0 fully saturated rings. The highest BCUT2D eigenvalue weighted by Crippen LogP contribution is 2.31. The van der Waals surface area contributed by atoms with E-state index in [2.05, 4.69) is 23.5 Å². The van der Waals surface area contributed by atoms with Gasteiger partial charge in [0.1, 0.15) is 24.2 Å². The third-order valence-electron chi connectivity index (χ3n) is 4.39. The van der Waals surface area contributed by atoms with Crippen molar-refractivity contribution in [3.05, 3.63) is 59.7 Å². The summed E-state index contributed by atoms with van der Waals surface area (Å²) in [7, 11) is 1.73. The summed E-state index contributed by atoms with van der Waals surface area (Å²) in [5.41, 5.74) is 2.43. The van der Waals surface area contributed by atoms with Gasteiger partial charge in [-0.05, 0) is 43.0 Å². The molecule has 2 aromatic carbocycles. The van der Waals surface area contributed by atoms with Crippen molar-refractivity contribution in [3.8, 4) is 11.5 Å². The van der Waals surface area contributed by atoms with Crippen molar-refractivity contribution in [1.82, 2.24) is 5.32 Å². The highest BCUT2D eigenvalue weighted by molar-refractivity contribution is 5.42. The maximum atomic E-state index is 6.16. The zero-order chi connectivity index (χ0) is 17.3. The van der Waals surface area contributed by atoms with E-state index in [9.17, 15) is 0 Å². The molecule has 0 aliphatic carbocycles. The minimum Gasteiger partial charge on any atom is -0.489 e. The summed E-state index contributed by atoms with van der Waals surface area (Å²) in [6.07, 6.45) is 3.35. The lowest BCUT2D eigenvalue weighted by atomic mass is 10.0. The van der Waals surface area contributed by atoms with E-state index in [0.717, 1.165) is 50.5 Å². The predicted molar refractivity (Wildman–Crippen MR) is 99.3 cm³/mol. The first-order valence-electron chi connectivity index (χ1n) is 9.01. The van der Waals surface area contributed by atoms with Gasteiger partial charge in [0.15, 0.2) is 0 Å². The smallest absolute Gasteiger partial charge is 0.126 e. The van der Waals surface area contributed by atoms with Crippen LogP contribution in [0.5, 0.6) is 11.5 Å². The first-order valence-corrected chi connectivity index (χ1v) is 9.01. The summed E-state index contributed by atoms with van der Waals surface area (Å²) in [4.78, 5) is 0. The Bertz CT molecular complexity index is 645. The summed E-state index contributed by atoms with van der Waals surface area (Å²) in [5, 5.41) is 3.45. The van der Waals surface area contributed by atoms with Crippen LogP contribution in [0.3, 0.4) is 0 Å². The number of fused-ring (bicyclic) bond motifs is 1. The number of aryl methyl sites for hydroxylation is 1. The van der Waals surface area contributed by atoms with Gasteiger partial charge in [0.05, 0.1) is 0 Å². The molecule has 134 valence electrons. The number of hydrogen-bond acceptors (Lipinski definition) is 4. The van der Waals surface area contributed by atoms with E-state index in [1.165, 1.54) is 11.1 Å². The molecule has 1 aliphatic heterocycles. The Morgan fingerprint density at radius 2 is 2.04 bits per heavy atom. The number of rotatable bonds is 9. The molecule has 25 heavy (non-hydrogen) atoms. The van der Waals surface area contributed by atoms with Crippen molar-refractivity contribution in [3.63, 3.8) is 0 Å².